The minimum Gasteiger partial charge on any atom is -0.349 e. The Balaban J connectivity index is 1.96. The summed E-state index contributed by atoms with van der Waals surface area (Å²) in [4.78, 5) is 4.54. The zero-order chi connectivity index (χ0) is 18.4. The van der Waals surface area contributed by atoms with E-state index in [9.17, 15) is 0 Å². The van der Waals surface area contributed by atoms with E-state index in [0.717, 1.165) is 11.4 Å². The first kappa shape index (κ1) is 16.7. The summed E-state index contributed by atoms with van der Waals surface area (Å²) in [5.41, 5.74) is 16.5. The van der Waals surface area contributed by atoms with E-state index in [1.165, 1.54) is 33.6 Å². The number of fused-ring (bicyclic) bond motifs is 1. The molecule has 0 saturated heterocycles. The number of hydrogen-bond donors (Lipinski definition) is 1. The first-order valence-electron chi connectivity index (χ1n) is 9.06. The molecule has 2 N–H and O–H groups in total. The van der Waals surface area contributed by atoms with Gasteiger partial charge in [0.05, 0.1) is 11.4 Å². The first-order chi connectivity index (χ1) is 12.5. The van der Waals surface area contributed by atoms with Crippen LogP contribution in [0.3, 0.4) is 0 Å². The molecule has 0 aromatic heterocycles. The number of benzene rings is 3. The van der Waals surface area contributed by atoms with Crippen LogP contribution in [0.5, 0.6) is 0 Å². The van der Waals surface area contributed by atoms with E-state index < -0.39 is 0 Å². The van der Waals surface area contributed by atoms with Crippen molar-refractivity contribution < 1.29 is 0 Å². The van der Waals surface area contributed by atoms with Crippen molar-refractivity contribution in [2.75, 3.05) is 9.62 Å². The van der Waals surface area contributed by atoms with Gasteiger partial charge in [-0.2, -0.15) is 0 Å². The molecule has 1 heterocycles. The van der Waals surface area contributed by atoms with Crippen molar-refractivity contribution in [3.63, 3.8) is 0 Å². The van der Waals surface area contributed by atoms with Gasteiger partial charge in [-0.05, 0) is 62.1 Å². The van der Waals surface area contributed by atoms with Gasteiger partial charge >= 0.3 is 7.12 Å². The second-order valence-corrected chi connectivity index (χ2v) is 7.12. The molecule has 0 aliphatic carbocycles. The number of aryl methyl sites for hydroxylation is 4. The zero-order valence-electron chi connectivity index (χ0n) is 15.8. The number of nitrogens with two attached hydrogens (primary N) is 1. The van der Waals surface area contributed by atoms with Crippen molar-refractivity contribution in [1.82, 2.24) is 0 Å². The van der Waals surface area contributed by atoms with E-state index in [1.54, 1.807) is 0 Å². The Hall–Kier alpha value is -2.72. The highest BCUT2D eigenvalue weighted by molar-refractivity contribution is 6.70. The summed E-state index contributed by atoms with van der Waals surface area (Å²) in [5.74, 6) is 0. The van der Waals surface area contributed by atoms with Gasteiger partial charge in [-0.15, -0.1) is 0 Å². The van der Waals surface area contributed by atoms with Crippen molar-refractivity contribution in [3.05, 3.63) is 82.9 Å². The summed E-state index contributed by atoms with van der Waals surface area (Å²) < 4.78 is 0. The molecule has 1 aliphatic rings. The van der Waals surface area contributed by atoms with Crippen LogP contribution in [0.2, 0.25) is 0 Å². The maximum absolute atomic E-state index is 6.86. The second-order valence-electron chi connectivity index (χ2n) is 7.12. The molecule has 0 fully saturated rings. The molecule has 3 aromatic carbocycles. The summed E-state index contributed by atoms with van der Waals surface area (Å²) in [6.07, 6.45) is 0. The van der Waals surface area contributed by atoms with Crippen LogP contribution in [-0.2, 0) is 0 Å². The van der Waals surface area contributed by atoms with Gasteiger partial charge in [0, 0.05) is 11.4 Å². The SMILES string of the molecule is Cc1cccc(C)c1N1B(N)N(c2c(C)cccc2C)c2ccccc21. The minimum atomic E-state index is -0.285. The molecule has 0 unspecified atom stereocenters. The Morgan fingerprint density at radius 2 is 0.923 bits per heavy atom. The van der Waals surface area contributed by atoms with Gasteiger partial charge in [0.25, 0.3) is 0 Å². The summed E-state index contributed by atoms with van der Waals surface area (Å²) in [6.45, 7) is 8.61. The fourth-order valence-corrected chi connectivity index (χ4v) is 4.15. The van der Waals surface area contributed by atoms with Crippen LogP contribution >= 0.6 is 0 Å². The summed E-state index contributed by atoms with van der Waals surface area (Å²) in [6, 6.07) is 21.3. The van der Waals surface area contributed by atoms with Crippen molar-refractivity contribution in [2.24, 2.45) is 5.64 Å². The van der Waals surface area contributed by atoms with Gasteiger partial charge in [0.2, 0.25) is 0 Å². The lowest BCUT2D eigenvalue weighted by Gasteiger charge is -2.30. The number of para-hydroxylation sites is 4. The van der Waals surface area contributed by atoms with Gasteiger partial charge < -0.3 is 15.3 Å². The Bertz CT molecular complexity index is 864. The Morgan fingerprint density at radius 3 is 1.27 bits per heavy atom. The Morgan fingerprint density at radius 1 is 0.577 bits per heavy atom. The predicted molar refractivity (Wildman–Crippen MR) is 112 cm³/mol. The van der Waals surface area contributed by atoms with E-state index in [-0.39, 0.29) is 7.12 Å². The molecule has 0 saturated carbocycles. The maximum Gasteiger partial charge on any atom is 0.474 e. The largest absolute Gasteiger partial charge is 0.474 e. The summed E-state index contributed by atoms with van der Waals surface area (Å²) in [7, 11) is -0.285. The first-order valence-corrected chi connectivity index (χ1v) is 9.06. The normalized spacial score (nSPS) is 13.3. The zero-order valence-corrected chi connectivity index (χ0v) is 15.8. The lowest BCUT2D eigenvalue weighted by molar-refractivity contribution is 1.25. The van der Waals surface area contributed by atoms with Crippen molar-refractivity contribution in [3.8, 4) is 0 Å². The third kappa shape index (κ3) is 2.41. The van der Waals surface area contributed by atoms with Gasteiger partial charge in [0.1, 0.15) is 0 Å². The molecule has 4 heteroatoms. The van der Waals surface area contributed by atoms with Crippen LogP contribution in [0.25, 0.3) is 0 Å². The molecule has 4 rings (SSSR count). The third-order valence-electron chi connectivity index (χ3n) is 5.29. The summed E-state index contributed by atoms with van der Waals surface area (Å²) in [5, 5.41) is 0. The van der Waals surface area contributed by atoms with Crippen LogP contribution in [0, 0.1) is 27.7 Å². The highest BCUT2D eigenvalue weighted by Crippen LogP contribution is 2.47. The van der Waals surface area contributed by atoms with Crippen LogP contribution in [0.15, 0.2) is 60.7 Å². The maximum atomic E-state index is 6.86. The highest BCUT2D eigenvalue weighted by Gasteiger charge is 2.41. The average Bonchev–Trinajstić information content (AvgIpc) is 2.88. The van der Waals surface area contributed by atoms with E-state index in [0.29, 0.717) is 0 Å². The second kappa shape index (κ2) is 6.22. The van der Waals surface area contributed by atoms with Gasteiger partial charge in [0.15, 0.2) is 0 Å². The minimum absolute atomic E-state index is 0.285. The molecule has 0 radical (unpaired) electrons. The molecule has 0 atom stereocenters. The van der Waals surface area contributed by atoms with E-state index in [2.05, 4.69) is 98.0 Å². The standard InChI is InChI=1S/C22H24BN3/c1-15-9-7-10-16(2)21(15)25-19-13-5-6-14-20(19)26(23(25)24)22-17(3)11-8-12-18(22)4/h5-14H,24H2,1-4H3. The fraction of sp³-hybridized carbons (Fsp3) is 0.182. The Labute approximate surface area is 156 Å². The number of anilines is 4. The van der Waals surface area contributed by atoms with E-state index in [1.807, 2.05) is 0 Å². The van der Waals surface area contributed by atoms with Gasteiger partial charge in [-0.25, -0.2) is 0 Å². The molecule has 0 amide bonds. The van der Waals surface area contributed by atoms with Gasteiger partial charge in [-0.3, -0.25) is 0 Å². The molecule has 0 bridgehead atoms. The van der Waals surface area contributed by atoms with E-state index >= 15 is 0 Å². The molecule has 130 valence electrons. The lowest BCUT2D eigenvalue weighted by Crippen LogP contribution is -2.52. The number of nitrogens with zero attached hydrogens (tertiary/aromatic N) is 2. The quantitative estimate of drug-likeness (QED) is 0.654. The molecular weight excluding hydrogens is 317 g/mol. The molecule has 26 heavy (non-hydrogen) atoms. The molecule has 3 aromatic rings. The highest BCUT2D eigenvalue weighted by atomic mass is 15.3. The molecule has 0 spiro atoms. The summed E-state index contributed by atoms with van der Waals surface area (Å²) >= 11 is 0. The van der Waals surface area contributed by atoms with Gasteiger partial charge in [-0.1, -0.05) is 48.5 Å². The lowest BCUT2D eigenvalue weighted by atomic mass is 9.87. The molecular formula is C22H24BN3. The molecule has 3 nitrogen and oxygen atoms in total. The van der Waals surface area contributed by atoms with Crippen molar-refractivity contribution in [1.29, 1.82) is 0 Å². The molecule has 1 aliphatic heterocycles. The van der Waals surface area contributed by atoms with Crippen LogP contribution in [0.1, 0.15) is 22.3 Å². The monoisotopic (exact) mass is 341 g/mol. The van der Waals surface area contributed by atoms with Crippen LogP contribution < -0.4 is 15.3 Å². The third-order valence-corrected chi connectivity index (χ3v) is 5.29. The fourth-order valence-electron chi connectivity index (χ4n) is 4.15. The average molecular weight is 341 g/mol. The topological polar surface area (TPSA) is 32.5 Å². The van der Waals surface area contributed by atoms with Crippen molar-refractivity contribution >= 4 is 29.9 Å². The van der Waals surface area contributed by atoms with Crippen LogP contribution in [-0.4, -0.2) is 7.12 Å². The van der Waals surface area contributed by atoms with Crippen LogP contribution in [0.4, 0.5) is 22.7 Å². The van der Waals surface area contributed by atoms with E-state index in [4.69, 9.17) is 5.64 Å². The predicted octanol–water partition coefficient (Wildman–Crippen LogP) is 5.15. The smallest absolute Gasteiger partial charge is 0.349 e. The number of hydrogen-bond acceptors (Lipinski definition) is 3. The van der Waals surface area contributed by atoms with Crippen molar-refractivity contribution in [2.45, 2.75) is 27.7 Å². The Kier molecular flexibility index (Phi) is 4.00. The number of rotatable bonds is 2.